The first kappa shape index (κ1) is 23.7. The summed E-state index contributed by atoms with van der Waals surface area (Å²) in [5.74, 6) is 0.765. The van der Waals surface area contributed by atoms with Crippen LogP contribution in [0.2, 0.25) is 0 Å². The third-order valence-corrected chi connectivity index (χ3v) is 5.43. The molecule has 2 aliphatic rings. The number of guanidine groups is 1. The predicted molar refractivity (Wildman–Crippen MR) is 113 cm³/mol. The molecule has 2 rings (SSSR count). The predicted octanol–water partition coefficient (Wildman–Crippen LogP) is 0.493. The van der Waals surface area contributed by atoms with Gasteiger partial charge in [-0.2, -0.15) is 0 Å². The summed E-state index contributed by atoms with van der Waals surface area (Å²) in [6.45, 7) is 12.7. The van der Waals surface area contributed by atoms with Gasteiger partial charge in [-0.15, -0.1) is 0 Å². The maximum atomic E-state index is 12.1. The van der Waals surface area contributed by atoms with E-state index in [1.807, 2.05) is 20.8 Å². The van der Waals surface area contributed by atoms with Crippen LogP contribution in [-0.4, -0.2) is 105 Å². The molecule has 9 nitrogen and oxygen atoms in total. The van der Waals surface area contributed by atoms with Crippen molar-refractivity contribution in [2.24, 2.45) is 10.4 Å². The monoisotopic (exact) mass is 413 g/mol. The first-order valence-electron chi connectivity index (χ1n) is 10.6. The van der Waals surface area contributed by atoms with Crippen LogP contribution < -0.4 is 10.6 Å². The third-order valence-electron chi connectivity index (χ3n) is 5.43. The van der Waals surface area contributed by atoms with Crippen molar-refractivity contribution in [3.05, 3.63) is 0 Å². The molecule has 168 valence electrons. The third kappa shape index (κ3) is 7.98. The van der Waals surface area contributed by atoms with Crippen molar-refractivity contribution in [2.75, 3.05) is 72.7 Å². The molecule has 2 heterocycles. The molecular formula is C20H39N5O4. The lowest BCUT2D eigenvalue weighted by molar-refractivity contribution is 0.0147. The van der Waals surface area contributed by atoms with E-state index in [-0.39, 0.29) is 18.1 Å². The molecule has 2 aliphatic heterocycles. The number of carbonyl (C=O) groups excluding carboxylic acids is 1. The number of amides is 1. The number of nitrogens with one attached hydrogen (secondary N) is 2. The van der Waals surface area contributed by atoms with Crippen molar-refractivity contribution in [1.29, 1.82) is 0 Å². The van der Waals surface area contributed by atoms with Crippen molar-refractivity contribution in [2.45, 2.75) is 39.2 Å². The van der Waals surface area contributed by atoms with Gasteiger partial charge in [0.2, 0.25) is 0 Å². The van der Waals surface area contributed by atoms with Crippen LogP contribution in [-0.2, 0) is 9.47 Å². The maximum Gasteiger partial charge on any atom is 0.410 e. The number of piperazine rings is 1. The van der Waals surface area contributed by atoms with Crippen LogP contribution in [0.15, 0.2) is 4.99 Å². The number of aliphatic hydroxyl groups excluding tert-OH is 1. The lowest BCUT2D eigenvalue weighted by Gasteiger charge is -2.35. The highest BCUT2D eigenvalue weighted by atomic mass is 16.6. The summed E-state index contributed by atoms with van der Waals surface area (Å²) in [4.78, 5) is 20.5. The minimum absolute atomic E-state index is 0.00956. The zero-order valence-electron chi connectivity index (χ0n) is 18.5. The Bertz CT molecular complexity index is 535. The zero-order chi connectivity index (χ0) is 21.3. The number of carbonyl (C=O) groups is 1. The maximum absolute atomic E-state index is 12.1. The Labute approximate surface area is 174 Å². The molecule has 0 saturated carbocycles. The fourth-order valence-electron chi connectivity index (χ4n) is 3.62. The van der Waals surface area contributed by atoms with Crippen LogP contribution in [0.1, 0.15) is 33.6 Å². The minimum atomic E-state index is -0.457. The van der Waals surface area contributed by atoms with Gasteiger partial charge in [-0.25, -0.2) is 4.79 Å². The molecule has 1 unspecified atom stereocenters. The normalized spacial score (nSPS) is 23.9. The van der Waals surface area contributed by atoms with E-state index in [9.17, 15) is 9.90 Å². The average molecular weight is 414 g/mol. The van der Waals surface area contributed by atoms with Gasteiger partial charge in [0.25, 0.3) is 0 Å². The molecule has 0 aromatic carbocycles. The Morgan fingerprint density at radius 2 is 1.97 bits per heavy atom. The van der Waals surface area contributed by atoms with E-state index in [2.05, 4.69) is 20.5 Å². The largest absolute Gasteiger partial charge is 0.444 e. The van der Waals surface area contributed by atoms with Gasteiger partial charge in [-0.3, -0.25) is 9.89 Å². The van der Waals surface area contributed by atoms with E-state index in [4.69, 9.17) is 9.47 Å². The molecule has 2 saturated heterocycles. The van der Waals surface area contributed by atoms with Crippen molar-refractivity contribution in [3.8, 4) is 0 Å². The number of hydrogen-bond acceptors (Lipinski definition) is 6. The summed E-state index contributed by atoms with van der Waals surface area (Å²) in [5.41, 5.74) is -0.467. The standard InChI is InChI=1S/C20H39N5O4/c1-19(2,3)29-18(27)25-11-9-24(10-12-25)8-7-22-17(21-4)23-15-20(5-13-26)6-14-28-16-20/h26H,5-16H2,1-4H3,(H2,21,22,23). The summed E-state index contributed by atoms with van der Waals surface area (Å²) in [5, 5.41) is 16.1. The second-order valence-corrected chi connectivity index (χ2v) is 8.94. The van der Waals surface area contributed by atoms with Crippen molar-refractivity contribution in [3.63, 3.8) is 0 Å². The highest BCUT2D eigenvalue weighted by Crippen LogP contribution is 2.31. The Kier molecular flexibility index (Phi) is 8.98. The molecule has 2 fully saturated rings. The summed E-state index contributed by atoms with van der Waals surface area (Å²) in [7, 11) is 1.76. The quantitative estimate of drug-likeness (QED) is 0.413. The number of hydrogen-bond donors (Lipinski definition) is 3. The van der Waals surface area contributed by atoms with Crippen LogP contribution in [0.3, 0.4) is 0 Å². The fourth-order valence-corrected chi connectivity index (χ4v) is 3.62. The molecule has 0 bridgehead atoms. The van der Waals surface area contributed by atoms with E-state index in [0.29, 0.717) is 19.7 Å². The number of rotatable bonds is 7. The Hall–Kier alpha value is -1.58. The highest BCUT2D eigenvalue weighted by molar-refractivity contribution is 5.79. The summed E-state index contributed by atoms with van der Waals surface area (Å²) in [6, 6.07) is 0. The number of ether oxygens (including phenoxy) is 2. The van der Waals surface area contributed by atoms with Gasteiger partial charge >= 0.3 is 6.09 Å². The van der Waals surface area contributed by atoms with E-state index in [0.717, 1.165) is 58.1 Å². The second-order valence-electron chi connectivity index (χ2n) is 8.94. The molecule has 0 spiro atoms. The van der Waals surface area contributed by atoms with Crippen LogP contribution in [0.5, 0.6) is 0 Å². The molecule has 0 aromatic heterocycles. The van der Waals surface area contributed by atoms with E-state index in [1.54, 1.807) is 11.9 Å². The smallest absolute Gasteiger partial charge is 0.410 e. The fraction of sp³-hybridized carbons (Fsp3) is 0.900. The molecular weight excluding hydrogens is 374 g/mol. The van der Waals surface area contributed by atoms with Crippen LogP contribution >= 0.6 is 0 Å². The van der Waals surface area contributed by atoms with E-state index < -0.39 is 5.60 Å². The molecule has 29 heavy (non-hydrogen) atoms. The first-order valence-corrected chi connectivity index (χ1v) is 10.6. The van der Waals surface area contributed by atoms with E-state index >= 15 is 0 Å². The minimum Gasteiger partial charge on any atom is -0.444 e. The molecule has 9 heteroatoms. The second kappa shape index (κ2) is 11.0. The molecule has 0 aliphatic carbocycles. The topological polar surface area (TPSA) is 98.7 Å². The Morgan fingerprint density at radius 3 is 2.52 bits per heavy atom. The molecule has 0 aromatic rings. The number of aliphatic hydroxyl groups is 1. The SMILES string of the molecule is CN=C(NCCN1CCN(C(=O)OC(C)(C)C)CC1)NCC1(CCO)CCOC1. The van der Waals surface area contributed by atoms with Gasteiger partial charge in [0.05, 0.1) is 6.61 Å². The lowest BCUT2D eigenvalue weighted by atomic mass is 9.84. The van der Waals surface area contributed by atoms with Gasteiger partial charge in [0.1, 0.15) is 5.60 Å². The molecule has 0 radical (unpaired) electrons. The van der Waals surface area contributed by atoms with Gasteiger partial charge < -0.3 is 30.1 Å². The first-order chi connectivity index (χ1) is 13.8. The molecule has 3 N–H and O–H groups in total. The zero-order valence-corrected chi connectivity index (χ0v) is 18.5. The van der Waals surface area contributed by atoms with Crippen LogP contribution in [0.4, 0.5) is 4.79 Å². The van der Waals surface area contributed by atoms with E-state index in [1.165, 1.54) is 0 Å². The highest BCUT2D eigenvalue weighted by Gasteiger charge is 2.34. The molecule has 1 atom stereocenters. The van der Waals surface area contributed by atoms with Gasteiger partial charge in [-0.1, -0.05) is 0 Å². The molecule has 1 amide bonds. The lowest BCUT2D eigenvalue weighted by Crippen LogP contribution is -2.52. The number of aliphatic imine (C=N–C) groups is 1. The van der Waals surface area contributed by atoms with Gasteiger partial charge in [-0.05, 0) is 33.6 Å². The van der Waals surface area contributed by atoms with Crippen molar-refractivity contribution >= 4 is 12.1 Å². The summed E-state index contributed by atoms with van der Waals surface area (Å²) in [6.07, 6.45) is 1.46. The number of nitrogens with zero attached hydrogens (tertiary/aromatic N) is 3. The summed E-state index contributed by atoms with van der Waals surface area (Å²) >= 11 is 0. The van der Waals surface area contributed by atoms with Gasteiger partial charge in [0, 0.05) is 71.5 Å². The Morgan fingerprint density at radius 1 is 1.24 bits per heavy atom. The summed E-state index contributed by atoms with van der Waals surface area (Å²) < 4.78 is 11.0. The average Bonchev–Trinajstić information content (AvgIpc) is 3.12. The van der Waals surface area contributed by atoms with Crippen molar-refractivity contribution < 1.29 is 19.4 Å². The van der Waals surface area contributed by atoms with Crippen LogP contribution in [0.25, 0.3) is 0 Å². The van der Waals surface area contributed by atoms with Crippen molar-refractivity contribution in [1.82, 2.24) is 20.4 Å². The Balaban J connectivity index is 1.65. The van der Waals surface area contributed by atoms with Crippen LogP contribution in [0, 0.1) is 5.41 Å². The van der Waals surface area contributed by atoms with Gasteiger partial charge in [0.15, 0.2) is 5.96 Å².